The Labute approximate surface area is 85.3 Å². The average Bonchev–Trinajstić information content (AvgIpc) is 2.23. The third-order valence-electron chi connectivity index (χ3n) is 3.16. The fraction of sp³-hybridized carbons (Fsp3) is 0.583. The van der Waals surface area contributed by atoms with Crippen LogP contribution in [-0.4, -0.2) is 28.5 Å². The summed E-state index contributed by atoms with van der Waals surface area (Å²) in [5.41, 5.74) is 3.82. The van der Waals surface area contributed by atoms with Gasteiger partial charge in [0, 0.05) is 18.4 Å². The third-order valence-corrected chi connectivity index (χ3v) is 3.16. The number of rotatable bonds is 1. The number of fused-ring (bicyclic) bond motifs is 1. The quantitative estimate of drug-likeness (QED) is 0.634. The van der Waals surface area contributed by atoms with E-state index in [4.69, 9.17) is 0 Å². The van der Waals surface area contributed by atoms with Gasteiger partial charge in [-0.2, -0.15) is 0 Å². The number of nitrogens with zero attached hydrogens (tertiary/aromatic N) is 1. The zero-order valence-corrected chi connectivity index (χ0v) is 9.01. The minimum absolute atomic E-state index is 0.587. The van der Waals surface area contributed by atoms with Crippen molar-refractivity contribution in [3.63, 3.8) is 0 Å². The number of aliphatic hydroxyl groups excluding tert-OH is 1. The van der Waals surface area contributed by atoms with Crippen molar-refractivity contribution in [1.29, 1.82) is 0 Å². The fourth-order valence-corrected chi connectivity index (χ4v) is 2.42. The molecule has 0 fully saturated rings. The van der Waals surface area contributed by atoms with E-state index in [1.807, 2.05) is 0 Å². The molecule has 1 aliphatic carbocycles. The SMILES string of the molecule is CC[N+]1=C2C(C)=CCC(O)=C2CCC1. The molecular weight excluding hydrogens is 174 g/mol. The van der Waals surface area contributed by atoms with Crippen molar-refractivity contribution >= 4 is 5.71 Å². The number of aliphatic hydroxyl groups is 1. The second-order valence-corrected chi connectivity index (χ2v) is 4.05. The summed E-state index contributed by atoms with van der Waals surface area (Å²) in [6.07, 6.45) is 5.07. The highest BCUT2D eigenvalue weighted by Crippen LogP contribution is 2.27. The number of allylic oxidation sites excluding steroid dienone is 3. The molecule has 0 saturated heterocycles. The molecule has 1 heterocycles. The Balaban J connectivity index is 2.52. The van der Waals surface area contributed by atoms with Crippen LogP contribution in [0.25, 0.3) is 0 Å². The molecule has 0 aromatic heterocycles. The van der Waals surface area contributed by atoms with Crippen LogP contribution in [0.3, 0.4) is 0 Å². The molecule has 1 aliphatic heterocycles. The van der Waals surface area contributed by atoms with E-state index in [2.05, 4.69) is 24.5 Å². The maximum Gasteiger partial charge on any atom is 0.209 e. The number of hydrogen-bond donors (Lipinski definition) is 1. The van der Waals surface area contributed by atoms with E-state index >= 15 is 0 Å². The van der Waals surface area contributed by atoms with Crippen LogP contribution in [0.1, 0.15) is 33.1 Å². The minimum Gasteiger partial charge on any atom is -0.511 e. The molecule has 2 aliphatic rings. The molecule has 14 heavy (non-hydrogen) atoms. The third kappa shape index (κ3) is 1.39. The highest BCUT2D eigenvalue weighted by Gasteiger charge is 2.29. The molecule has 0 aromatic rings. The lowest BCUT2D eigenvalue weighted by molar-refractivity contribution is -0.526. The Kier molecular flexibility index (Phi) is 2.44. The molecule has 0 spiro atoms. The molecule has 76 valence electrons. The van der Waals surface area contributed by atoms with Gasteiger partial charge in [-0.3, -0.25) is 0 Å². The molecule has 1 N–H and O–H groups in total. The van der Waals surface area contributed by atoms with E-state index in [0.717, 1.165) is 25.9 Å². The van der Waals surface area contributed by atoms with E-state index in [1.54, 1.807) is 0 Å². The molecule has 0 saturated carbocycles. The molecule has 2 nitrogen and oxygen atoms in total. The van der Waals surface area contributed by atoms with Gasteiger partial charge >= 0.3 is 0 Å². The molecule has 0 radical (unpaired) electrons. The van der Waals surface area contributed by atoms with Crippen molar-refractivity contribution in [2.45, 2.75) is 33.1 Å². The second kappa shape index (κ2) is 3.60. The van der Waals surface area contributed by atoms with Crippen LogP contribution in [0.15, 0.2) is 23.0 Å². The Hall–Kier alpha value is -1.05. The lowest BCUT2D eigenvalue weighted by Crippen LogP contribution is -2.31. The van der Waals surface area contributed by atoms with Gasteiger partial charge in [0.2, 0.25) is 5.71 Å². The van der Waals surface area contributed by atoms with Gasteiger partial charge in [-0.25, -0.2) is 4.58 Å². The molecule has 2 heteroatoms. The van der Waals surface area contributed by atoms with Gasteiger partial charge in [0.05, 0.1) is 5.57 Å². The van der Waals surface area contributed by atoms with Crippen LogP contribution in [0.2, 0.25) is 0 Å². The topological polar surface area (TPSA) is 23.2 Å². The maximum atomic E-state index is 9.82. The first-order chi connectivity index (χ1) is 6.74. The molecule has 2 rings (SSSR count). The van der Waals surface area contributed by atoms with E-state index in [1.165, 1.54) is 23.3 Å². The molecule has 0 atom stereocenters. The smallest absolute Gasteiger partial charge is 0.209 e. The highest BCUT2D eigenvalue weighted by molar-refractivity contribution is 6.10. The van der Waals surface area contributed by atoms with Crippen molar-refractivity contribution < 1.29 is 9.68 Å². The van der Waals surface area contributed by atoms with E-state index in [0.29, 0.717) is 5.76 Å². The van der Waals surface area contributed by atoms with E-state index < -0.39 is 0 Å². The predicted octanol–water partition coefficient (Wildman–Crippen LogP) is 2.42. The first-order valence-corrected chi connectivity index (χ1v) is 5.44. The second-order valence-electron chi connectivity index (χ2n) is 4.05. The van der Waals surface area contributed by atoms with Gasteiger partial charge < -0.3 is 5.11 Å². The van der Waals surface area contributed by atoms with Crippen molar-refractivity contribution in [2.24, 2.45) is 0 Å². The summed E-state index contributed by atoms with van der Waals surface area (Å²) in [5, 5.41) is 9.82. The van der Waals surface area contributed by atoms with Gasteiger partial charge in [-0.05, 0) is 20.3 Å². The summed E-state index contributed by atoms with van der Waals surface area (Å²) >= 11 is 0. The molecule has 0 bridgehead atoms. The monoisotopic (exact) mass is 192 g/mol. The molecule has 0 aromatic carbocycles. The van der Waals surface area contributed by atoms with Crippen LogP contribution < -0.4 is 0 Å². The standard InChI is InChI=1S/C12H17NO/c1-3-13-8-4-5-10-11(14)7-6-9(2)12(10)13/h6H,3-5,7-8H2,1-2H3/p+1. The Morgan fingerprint density at radius 2 is 2.29 bits per heavy atom. The van der Waals surface area contributed by atoms with Crippen LogP contribution >= 0.6 is 0 Å². The van der Waals surface area contributed by atoms with Crippen molar-refractivity contribution in [2.75, 3.05) is 13.1 Å². The largest absolute Gasteiger partial charge is 0.511 e. The first kappa shape index (κ1) is 9.50. The minimum atomic E-state index is 0.587. The van der Waals surface area contributed by atoms with Gasteiger partial charge in [0.25, 0.3) is 0 Å². The molecular formula is C12H18NO+. The average molecular weight is 192 g/mol. The molecule has 0 amide bonds. The van der Waals surface area contributed by atoms with Crippen LogP contribution in [0.5, 0.6) is 0 Å². The first-order valence-electron chi connectivity index (χ1n) is 5.44. The summed E-state index contributed by atoms with van der Waals surface area (Å²) in [5.74, 6) is 0.587. The van der Waals surface area contributed by atoms with Crippen LogP contribution in [-0.2, 0) is 0 Å². The van der Waals surface area contributed by atoms with Crippen LogP contribution in [0.4, 0.5) is 0 Å². The zero-order valence-electron chi connectivity index (χ0n) is 9.01. The van der Waals surface area contributed by atoms with Crippen LogP contribution in [0, 0.1) is 0 Å². The fourth-order valence-electron chi connectivity index (χ4n) is 2.42. The Bertz CT molecular complexity index is 347. The maximum absolute atomic E-state index is 9.82. The van der Waals surface area contributed by atoms with Gasteiger partial charge in [-0.1, -0.05) is 6.08 Å². The highest BCUT2D eigenvalue weighted by atomic mass is 16.3. The normalized spacial score (nSPS) is 22.3. The summed E-state index contributed by atoms with van der Waals surface area (Å²) in [6.45, 7) is 6.50. The summed E-state index contributed by atoms with van der Waals surface area (Å²) in [4.78, 5) is 0. The van der Waals surface area contributed by atoms with E-state index in [9.17, 15) is 5.11 Å². The molecule has 0 unspecified atom stereocenters. The lowest BCUT2D eigenvalue weighted by atomic mass is 9.89. The van der Waals surface area contributed by atoms with Gasteiger partial charge in [0.15, 0.2) is 0 Å². The van der Waals surface area contributed by atoms with Crippen molar-refractivity contribution in [1.82, 2.24) is 0 Å². The lowest BCUT2D eigenvalue weighted by Gasteiger charge is -2.21. The summed E-state index contributed by atoms with van der Waals surface area (Å²) in [7, 11) is 0. The number of hydrogen-bond acceptors (Lipinski definition) is 1. The van der Waals surface area contributed by atoms with Gasteiger partial charge in [0.1, 0.15) is 18.8 Å². The zero-order chi connectivity index (χ0) is 10.1. The summed E-state index contributed by atoms with van der Waals surface area (Å²) < 4.78 is 2.38. The predicted molar refractivity (Wildman–Crippen MR) is 57.9 cm³/mol. The Morgan fingerprint density at radius 3 is 3.00 bits per heavy atom. The van der Waals surface area contributed by atoms with Gasteiger partial charge in [-0.15, -0.1) is 0 Å². The van der Waals surface area contributed by atoms with Crippen molar-refractivity contribution in [3.8, 4) is 0 Å². The van der Waals surface area contributed by atoms with E-state index in [-0.39, 0.29) is 0 Å². The summed E-state index contributed by atoms with van der Waals surface area (Å²) in [6, 6.07) is 0. The Morgan fingerprint density at radius 1 is 1.50 bits per heavy atom. The van der Waals surface area contributed by atoms with Crippen molar-refractivity contribution in [3.05, 3.63) is 23.0 Å².